The van der Waals surface area contributed by atoms with E-state index in [0.29, 0.717) is 23.7 Å². The monoisotopic (exact) mass is 420 g/mol. The molecule has 0 saturated heterocycles. The first-order valence-electron chi connectivity index (χ1n) is 11.1. The number of anilines is 1. The van der Waals surface area contributed by atoms with Crippen LogP contribution in [-0.4, -0.2) is 38.4 Å². The third-order valence-electron chi connectivity index (χ3n) is 6.31. The lowest BCUT2D eigenvalue weighted by atomic mass is 9.93. The highest BCUT2D eigenvalue weighted by atomic mass is 19.1. The summed E-state index contributed by atoms with van der Waals surface area (Å²) < 4.78 is 16.8. The average molecular weight is 421 g/mol. The molecule has 2 aromatic heterocycles. The molecule has 31 heavy (non-hydrogen) atoms. The van der Waals surface area contributed by atoms with Gasteiger partial charge in [0, 0.05) is 35.6 Å². The molecule has 0 spiro atoms. The Morgan fingerprint density at radius 1 is 1.19 bits per heavy atom. The fraction of sp³-hybridized carbons (Fsp3) is 0.458. The summed E-state index contributed by atoms with van der Waals surface area (Å²) in [7, 11) is 0. The Bertz CT molecular complexity index is 1160. The van der Waals surface area contributed by atoms with Crippen LogP contribution < -0.4 is 10.6 Å². The molecule has 3 heterocycles. The number of hydrogen-bond acceptors (Lipinski definition) is 5. The highest BCUT2D eigenvalue weighted by molar-refractivity contribution is 5.93. The van der Waals surface area contributed by atoms with E-state index in [0.717, 1.165) is 40.3 Å². The number of fused-ring (bicyclic) bond motifs is 2. The predicted octanol–water partition coefficient (Wildman–Crippen LogP) is 4.76. The molecule has 0 bridgehead atoms. The Labute approximate surface area is 182 Å². The van der Waals surface area contributed by atoms with Crippen molar-refractivity contribution in [3.05, 3.63) is 42.0 Å². The second-order valence-electron chi connectivity index (χ2n) is 9.21. The molecule has 2 N–H and O–H groups in total. The lowest BCUT2D eigenvalue weighted by Gasteiger charge is -2.26. The zero-order valence-corrected chi connectivity index (χ0v) is 18.5. The topological polar surface area (TPSA) is 66.6 Å². The number of nitrogens with one attached hydrogen (secondary N) is 2. The minimum absolute atomic E-state index is 0.123. The van der Waals surface area contributed by atoms with Crippen LogP contribution in [0.25, 0.3) is 16.6 Å². The van der Waals surface area contributed by atoms with E-state index in [1.165, 1.54) is 12.8 Å². The van der Waals surface area contributed by atoms with E-state index in [4.69, 9.17) is 0 Å². The van der Waals surface area contributed by atoms with E-state index in [1.54, 1.807) is 6.07 Å². The summed E-state index contributed by atoms with van der Waals surface area (Å²) in [5.41, 5.74) is 4.92. The number of hydrogen-bond donors (Lipinski definition) is 2. The lowest BCUT2D eigenvalue weighted by molar-refractivity contribution is 0.532. The SMILES string of the molecule is CC1=Nc2c(F)cc(-c3ccn4nc(N[C@H](C)C5CC5)ncc34)cc2CC1NC(C)C. The van der Waals surface area contributed by atoms with Gasteiger partial charge in [-0.2, -0.15) is 0 Å². The Morgan fingerprint density at radius 2 is 2.00 bits per heavy atom. The molecule has 1 aliphatic heterocycles. The van der Waals surface area contributed by atoms with Crippen molar-refractivity contribution in [2.24, 2.45) is 10.9 Å². The second kappa shape index (κ2) is 7.71. The van der Waals surface area contributed by atoms with E-state index in [9.17, 15) is 0 Å². The van der Waals surface area contributed by atoms with Gasteiger partial charge in [-0.25, -0.2) is 13.9 Å². The van der Waals surface area contributed by atoms with E-state index in [-0.39, 0.29) is 11.9 Å². The number of benzene rings is 1. The van der Waals surface area contributed by atoms with Crippen LogP contribution in [0.4, 0.5) is 16.0 Å². The van der Waals surface area contributed by atoms with Crippen molar-refractivity contribution < 1.29 is 4.39 Å². The number of halogens is 1. The van der Waals surface area contributed by atoms with Gasteiger partial charge < -0.3 is 10.6 Å². The number of aromatic nitrogens is 3. The quantitative estimate of drug-likeness (QED) is 0.603. The molecule has 2 aliphatic rings. The van der Waals surface area contributed by atoms with Crippen molar-refractivity contribution in [2.75, 3.05) is 5.32 Å². The van der Waals surface area contributed by atoms with Crippen molar-refractivity contribution in [3.8, 4) is 11.1 Å². The molecule has 1 aromatic carbocycles. The van der Waals surface area contributed by atoms with Gasteiger partial charge in [-0.05, 0) is 68.4 Å². The van der Waals surface area contributed by atoms with Crippen molar-refractivity contribution in [3.63, 3.8) is 0 Å². The van der Waals surface area contributed by atoms with Crippen LogP contribution in [0.3, 0.4) is 0 Å². The van der Waals surface area contributed by atoms with Crippen molar-refractivity contribution in [1.29, 1.82) is 0 Å². The highest BCUT2D eigenvalue weighted by Gasteiger charge is 2.28. The third kappa shape index (κ3) is 3.94. The van der Waals surface area contributed by atoms with E-state index in [1.807, 2.05) is 29.9 Å². The third-order valence-corrected chi connectivity index (χ3v) is 6.31. The van der Waals surface area contributed by atoms with Gasteiger partial charge in [0.05, 0.1) is 11.7 Å². The minimum atomic E-state index is -0.285. The lowest BCUT2D eigenvalue weighted by Crippen LogP contribution is -2.42. The molecule has 0 amide bonds. The van der Waals surface area contributed by atoms with Crippen LogP contribution in [0.1, 0.15) is 46.1 Å². The summed E-state index contributed by atoms with van der Waals surface area (Å²) in [5, 5.41) is 11.5. The first-order valence-corrected chi connectivity index (χ1v) is 11.1. The summed E-state index contributed by atoms with van der Waals surface area (Å²) in [6, 6.07) is 6.43. The summed E-state index contributed by atoms with van der Waals surface area (Å²) >= 11 is 0. The second-order valence-corrected chi connectivity index (χ2v) is 9.21. The highest BCUT2D eigenvalue weighted by Crippen LogP contribution is 2.36. The maximum Gasteiger partial charge on any atom is 0.241 e. The number of aliphatic imine (C=N–C) groups is 1. The van der Waals surface area contributed by atoms with Crippen LogP contribution in [0.2, 0.25) is 0 Å². The van der Waals surface area contributed by atoms with Crippen LogP contribution in [0.5, 0.6) is 0 Å². The van der Waals surface area contributed by atoms with Gasteiger partial charge in [-0.15, -0.1) is 5.10 Å². The molecule has 1 fully saturated rings. The molecule has 0 radical (unpaired) electrons. The van der Waals surface area contributed by atoms with E-state index in [2.05, 4.69) is 52.5 Å². The van der Waals surface area contributed by atoms with Crippen LogP contribution >= 0.6 is 0 Å². The fourth-order valence-corrected chi connectivity index (χ4v) is 4.42. The van der Waals surface area contributed by atoms with Gasteiger partial charge in [0.25, 0.3) is 0 Å². The molecule has 1 aliphatic carbocycles. The Kier molecular flexibility index (Phi) is 5.01. The first kappa shape index (κ1) is 20.1. The largest absolute Gasteiger partial charge is 0.350 e. The minimum Gasteiger partial charge on any atom is -0.350 e. The molecule has 1 saturated carbocycles. The molecule has 5 rings (SSSR count). The summed E-state index contributed by atoms with van der Waals surface area (Å²) in [6.45, 7) is 8.36. The fourth-order valence-electron chi connectivity index (χ4n) is 4.42. The molecule has 6 nitrogen and oxygen atoms in total. The van der Waals surface area contributed by atoms with Crippen molar-refractivity contribution in [2.45, 2.75) is 65.1 Å². The summed E-state index contributed by atoms with van der Waals surface area (Å²) in [5.74, 6) is 1.06. The molecule has 1 unspecified atom stereocenters. The van der Waals surface area contributed by atoms with E-state index < -0.39 is 0 Å². The van der Waals surface area contributed by atoms with Gasteiger partial charge in [-0.3, -0.25) is 4.99 Å². The molecule has 7 heteroatoms. The van der Waals surface area contributed by atoms with Crippen LogP contribution in [-0.2, 0) is 6.42 Å². The van der Waals surface area contributed by atoms with Gasteiger partial charge in [0.15, 0.2) is 0 Å². The van der Waals surface area contributed by atoms with Crippen LogP contribution in [0.15, 0.2) is 35.6 Å². The maximum atomic E-state index is 15.0. The molecule has 162 valence electrons. The predicted molar refractivity (Wildman–Crippen MR) is 123 cm³/mol. The molecular formula is C24H29FN6. The Morgan fingerprint density at radius 3 is 2.74 bits per heavy atom. The number of rotatable bonds is 6. The van der Waals surface area contributed by atoms with Gasteiger partial charge >= 0.3 is 0 Å². The van der Waals surface area contributed by atoms with Gasteiger partial charge in [0.2, 0.25) is 5.95 Å². The van der Waals surface area contributed by atoms with Crippen LogP contribution in [0, 0.1) is 11.7 Å². The standard InChI is InChI=1S/C24H29FN6/c1-13(2)27-21-11-18-9-17(10-20(25)23(18)28-15(21)4)19-7-8-31-22(19)12-26-24(30-31)29-14(3)16-5-6-16/h7-10,12-14,16,21,27H,5-6,11H2,1-4H3,(H,29,30)/t14-,21?/m1/s1. The maximum absolute atomic E-state index is 15.0. The van der Waals surface area contributed by atoms with Gasteiger partial charge in [0.1, 0.15) is 11.5 Å². The van der Waals surface area contributed by atoms with Crippen molar-refractivity contribution >= 4 is 22.9 Å². The summed E-state index contributed by atoms with van der Waals surface area (Å²) in [4.78, 5) is 9.08. The smallest absolute Gasteiger partial charge is 0.241 e. The average Bonchev–Trinajstić information content (AvgIpc) is 3.49. The normalized spacial score (nSPS) is 19.4. The number of nitrogens with zero attached hydrogens (tertiary/aromatic N) is 4. The molecule has 2 atom stereocenters. The molecular weight excluding hydrogens is 391 g/mol. The summed E-state index contributed by atoms with van der Waals surface area (Å²) in [6.07, 6.45) is 6.98. The van der Waals surface area contributed by atoms with Gasteiger partial charge in [-0.1, -0.05) is 13.8 Å². The Balaban J connectivity index is 1.47. The molecule has 3 aromatic rings. The Hall–Kier alpha value is -2.80. The first-order chi connectivity index (χ1) is 14.9. The zero-order valence-electron chi connectivity index (χ0n) is 18.5. The van der Waals surface area contributed by atoms with Crippen molar-refractivity contribution in [1.82, 2.24) is 19.9 Å². The van der Waals surface area contributed by atoms with E-state index >= 15 is 4.39 Å². The zero-order chi connectivity index (χ0) is 21.7.